The van der Waals surface area contributed by atoms with E-state index in [9.17, 15) is 4.79 Å². The van der Waals surface area contributed by atoms with Crippen molar-refractivity contribution in [3.8, 4) is 17.2 Å². The number of hydrogen-bond donors (Lipinski definition) is 1. The molecule has 0 saturated heterocycles. The van der Waals surface area contributed by atoms with E-state index in [2.05, 4.69) is 10.3 Å². The molecule has 6 nitrogen and oxygen atoms in total. The lowest BCUT2D eigenvalue weighted by molar-refractivity contribution is -0.111. The van der Waals surface area contributed by atoms with Crippen LogP contribution in [0.25, 0.3) is 17.0 Å². The van der Waals surface area contributed by atoms with E-state index >= 15 is 0 Å². The summed E-state index contributed by atoms with van der Waals surface area (Å²) in [6.07, 6.45) is 4.89. The van der Waals surface area contributed by atoms with Gasteiger partial charge < -0.3 is 19.5 Å². The van der Waals surface area contributed by atoms with Crippen LogP contribution in [0.3, 0.4) is 0 Å². The van der Waals surface area contributed by atoms with Gasteiger partial charge in [0.25, 0.3) is 0 Å². The fourth-order valence-electron chi connectivity index (χ4n) is 2.83. The molecule has 0 fully saturated rings. The number of hydrogen-bond acceptors (Lipinski definition) is 5. The number of rotatable bonds is 7. The maximum Gasteiger partial charge on any atom is 0.248 e. The summed E-state index contributed by atoms with van der Waals surface area (Å²) in [5.74, 6) is 1.70. The molecule has 0 aliphatic carbocycles. The molecule has 0 radical (unpaired) electrons. The molecular weight excluding hydrogens is 356 g/mol. The van der Waals surface area contributed by atoms with Gasteiger partial charge in [0.15, 0.2) is 11.5 Å². The van der Waals surface area contributed by atoms with Gasteiger partial charge in [-0.15, -0.1) is 0 Å². The molecule has 0 aliphatic rings. The summed E-state index contributed by atoms with van der Waals surface area (Å²) in [4.78, 5) is 16.7. The molecule has 0 unspecified atom stereocenters. The largest absolute Gasteiger partial charge is 0.494 e. The number of pyridine rings is 1. The van der Waals surface area contributed by atoms with Crippen molar-refractivity contribution >= 4 is 28.6 Å². The predicted octanol–water partition coefficient (Wildman–Crippen LogP) is 4.30. The lowest BCUT2D eigenvalue weighted by atomic mass is 10.1. The van der Waals surface area contributed by atoms with Crippen molar-refractivity contribution in [1.82, 2.24) is 4.98 Å². The average Bonchev–Trinajstić information content (AvgIpc) is 2.73. The van der Waals surface area contributed by atoms with Crippen LogP contribution >= 0.6 is 0 Å². The van der Waals surface area contributed by atoms with Gasteiger partial charge in [0.1, 0.15) is 11.3 Å². The topological polar surface area (TPSA) is 69.7 Å². The van der Waals surface area contributed by atoms with Gasteiger partial charge in [-0.3, -0.25) is 9.78 Å². The zero-order valence-corrected chi connectivity index (χ0v) is 16.1. The van der Waals surface area contributed by atoms with Crippen LogP contribution in [0.4, 0.5) is 5.69 Å². The molecule has 6 heteroatoms. The Hall–Kier alpha value is -3.54. The summed E-state index contributed by atoms with van der Waals surface area (Å²) in [7, 11) is 3.19. The molecule has 1 N–H and O–H groups in total. The second kappa shape index (κ2) is 8.90. The summed E-state index contributed by atoms with van der Waals surface area (Å²) in [5.41, 5.74) is 2.20. The minimum atomic E-state index is -0.246. The van der Waals surface area contributed by atoms with Gasteiger partial charge in [-0.25, -0.2) is 0 Å². The molecule has 3 aromatic rings. The number of carbonyl (C=O) groups excluding carboxylic acids is 1. The van der Waals surface area contributed by atoms with Crippen LogP contribution in [0.15, 0.2) is 54.7 Å². The van der Waals surface area contributed by atoms with E-state index in [1.807, 2.05) is 37.3 Å². The first-order valence-corrected chi connectivity index (χ1v) is 8.88. The molecule has 0 aliphatic heterocycles. The molecular formula is C22H22N2O4. The summed E-state index contributed by atoms with van der Waals surface area (Å²) in [6.45, 7) is 2.44. The lowest BCUT2D eigenvalue weighted by Gasteiger charge is -2.10. The van der Waals surface area contributed by atoms with E-state index in [0.29, 0.717) is 35.1 Å². The first-order chi connectivity index (χ1) is 13.7. The quantitative estimate of drug-likeness (QED) is 0.621. The van der Waals surface area contributed by atoms with Crippen LogP contribution in [-0.4, -0.2) is 31.7 Å². The Morgan fingerprint density at radius 2 is 1.86 bits per heavy atom. The fourth-order valence-corrected chi connectivity index (χ4v) is 2.83. The van der Waals surface area contributed by atoms with Crippen LogP contribution in [-0.2, 0) is 4.79 Å². The Labute approximate surface area is 163 Å². The van der Waals surface area contributed by atoms with E-state index in [-0.39, 0.29) is 5.91 Å². The third-order valence-corrected chi connectivity index (χ3v) is 4.13. The molecule has 144 valence electrons. The van der Waals surface area contributed by atoms with Gasteiger partial charge in [-0.1, -0.05) is 6.07 Å². The number of benzene rings is 2. The Balaban J connectivity index is 1.79. The zero-order chi connectivity index (χ0) is 19.9. The molecule has 0 spiro atoms. The van der Waals surface area contributed by atoms with Crippen LogP contribution < -0.4 is 19.5 Å². The summed E-state index contributed by atoms with van der Waals surface area (Å²) in [6, 6.07) is 12.8. The first kappa shape index (κ1) is 19.2. The Bertz CT molecular complexity index is 1010. The summed E-state index contributed by atoms with van der Waals surface area (Å²) in [5, 5.41) is 3.70. The molecule has 0 bridgehead atoms. The smallest absolute Gasteiger partial charge is 0.248 e. The van der Waals surface area contributed by atoms with Gasteiger partial charge in [-0.2, -0.15) is 0 Å². The molecule has 2 aromatic carbocycles. The lowest BCUT2D eigenvalue weighted by Crippen LogP contribution is -2.08. The van der Waals surface area contributed by atoms with Crippen molar-refractivity contribution in [1.29, 1.82) is 0 Å². The fraction of sp³-hybridized carbons (Fsp3) is 0.182. The van der Waals surface area contributed by atoms with Crippen molar-refractivity contribution < 1.29 is 19.0 Å². The predicted molar refractivity (Wildman–Crippen MR) is 110 cm³/mol. The highest BCUT2D eigenvalue weighted by molar-refractivity contribution is 6.07. The maximum absolute atomic E-state index is 12.4. The van der Waals surface area contributed by atoms with E-state index < -0.39 is 0 Å². The number of nitrogens with one attached hydrogen (secondary N) is 1. The van der Waals surface area contributed by atoms with Crippen LogP contribution in [0, 0.1) is 0 Å². The number of amides is 1. The molecule has 28 heavy (non-hydrogen) atoms. The molecule has 0 saturated carbocycles. The van der Waals surface area contributed by atoms with Gasteiger partial charge in [0, 0.05) is 17.7 Å². The summed E-state index contributed by atoms with van der Waals surface area (Å²) >= 11 is 0. The second-order valence-corrected chi connectivity index (χ2v) is 5.88. The third kappa shape index (κ3) is 4.23. The highest BCUT2D eigenvalue weighted by Gasteiger charge is 2.09. The van der Waals surface area contributed by atoms with Crippen molar-refractivity contribution in [3.05, 3.63) is 60.3 Å². The van der Waals surface area contributed by atoms with E-state index in [0.717, 1.165) is 10.9 Å². The Kier molecular flexibility index (Phi) is 6.11. The maximum atomic E-state index is 12.4. The van der Waals surface area contributed by atoms with E-state index in [1.165, 1.54) is 6.08 Å². The number of ether oxygens (including phenoxy) is 3. The highest BCUT2D eigenvalue weighted by atomic mass is 16.5. The van der Waals surface area contributed by atoms with Gasteiger partial charge in [0.2, 0.25) is 5.91 Å². The molecule has 1 aromatic heterocycles. The van der Waals surface area contributed by atoms with E-state index in [1.54, 1.807) is 38.6 Å². The van der Waals surface area contributed by atoms with Crippen molar-refractivity contribution in [3.63, 3.8) is 0 Å². The average molecular weight is 378 g/mol. The zero-order valence-electron chi connectivity index (χ0n) is 16.1. The van der Waals surface area contributed by atoms with Crippen molar-refractivity contribution in [2.75, 3.05) is 26.1 Å². The van der Waals surface area contributed by atoms with Crippen LogP contribution in [0.2, 0.25) is 0 Å². The minimum absolute atomic E-state index is 0.246. The Morgan fingerprint density at radius 1 is 1.07 bits per heavy atom. The van der Waals surface area contributed by atoms with Crippen molar-refractivity contribution in [2.45, 2.75) is 6.92 Å². The van der Waals surface area contributed by atoms with E-state index in [4.69, 9.17) is 14.2 Å². The minimum Gasteiger partial charge on any atom is -0.494 e. The van der Waals surface area contributed by atoms with Crippen LogP contribution in [0.1, 0.15) is 12.5 Å². The third-order valence-electron chi connectivity index (χ3n) is 4.13. The van der Waals surface area contributed by atoms with Gasteiger partial charge in [-0.05, 0) is 55.0 Å². The molecule has 1 amide bonds. The van der Waals surface area contributed by atoms with Crippen molar-refractivity contribution in [2.24, 2.45) is 0 Å². The molecule has 3 rings (SSSR count). The number of aromatic nitrogens is 1. The monoisotopic (exact) mass is 378 g/mol. The van der Waals surface area contributed by atoms with Crippen LogP contribution in [0.5, 0.6) is 17.2 Å². The second-order valence-electron chi connectivity index (χ2n) is 5.88. The number of nitrogens with zero attached hydrogens (tertiary/aromatic N) is 1. The number of carbonyl (C=O) groups is 1. The molecule has 1 heterocycles. The van der Waals surface area contributed by atoms with Gasteiger partial charge in [0.05, 0.1) is 26.5 Å². The number of anilines is 1. The molecule has 0 atom stereocenters. The normalized spacial score (nSPS) is 10.8. The highest BCUT2D eigenvalue weighted by Crippen LogP contribution is 2.30. The number of fused-ring (bicyclic) bond motifs is 1. The number of methoxy groups -OCH3 is 2. The Morgan fingerprint density at radius 3 is 2.61 bits per heavy atom. The van der Waals surface area contributed by atoms with Gasteiger partial charge >= 0.3 is 0 Å². The summed E-state index contributed by atoms with van der Waals surface area (Å²) < 4.78 is 16.2. The standard InChI is InChI=1S/C22H22N2O4/c1-4-28-20-14-15(7-10-18(20)26-2)8-12-21(25)24-17-9-11-19(27-3)22-16(17)6-5-13-23-22/h5-14H,4H2,1-3H3,(H,24,25). The SMILES string of the molecule is CCOc1cc(C=CC(=O)Nc2ccc(OC)c3ncccc23)ccc1OC. The first-order valence-electron chi connectivity index (χ1n) is 8.88.